The number of oxime groups is 1. The molecule has 1 aromatic heterocycles. The van der Waals surface area contributed by atoms with Crippen LogP contribution in [-0.2, 0) is 7.05 Å². The van der Waals surface area contributed by atoms with Crippen LogP contribution < -0.4 is 11.1 Å². The Balaban J connectivity index is 2.03. The quantitative estimate of drug-likeness (QED) is 0.306. The van der Waals surface area contributed by atoms with Crippen LogP contribution in [-0.4, -0.2) is 32.8 Å². The summed E-state index contributed by atoms with van der Waals surface area (Å²) < 4.78 is 1.57. The van der Waals surface area contributed by atoms with E-state index < -0.39 is 0 Å². The number of nitrogens with one attached hydrogen (secondary N) is 1. The van der Waals surface area contributed by atoms with Gasteiger partial charge in [-0.15, -0.1) is 0 Å². The third-order valence-corrected chi connectivity index (χ3v) is 3.29. The molecular formula is C11H17N5O2. The van der Waals surface area contributed by atoms with Gasteiger partial charge in [-0.1, -0.05) is 11.6 Å². The number of hydrogen-bond acceptors (Lipinski definition) is 4. The maximum Gasteiger partial charge on any atom is 0.254 e. The van der Waals surface area contributed by atoms with Gasteiger partial charge in [-0.05, 0) is 12.8 Å². The lowest BCUT2D eigenvalue weighted by molar-refractivity contribution is 0.0933. The van der Waals surface area contributed by atoms with Gasteiger partial charge in [0.05, 0.1) is 11.8 Å². The van der Waals surface area contributed by atoms with Gasteiger partial charge >= 0.3 is 0 Å². The van der Waals surface area contributed by atoms with Gasteiger partial charge in [0, 0.05) is 25.2 Å². The lowest BCUT2D eigenvalue weighted by atomic mass is 10.0. The SMILES string of the molecule is Cn1cc(C(=O)NC2CCCC2C(N)=NO)cn1. The first-order valence-corrected chi connectivity index (χ1v) is 5.88. The molecule has 1 amide bonds. The van der Waals surface area contributed by atoms with Crippen molar-refractivity contribution in [3.8, 4) is 0 Å². The third-order valence-electron chi connectivity index (χ3n) is 3.29. The lowest BCUT2D eigenvalue weighted by Gasteiger charge is -2.19. The van der Waals surface area contributed by atoms with E-state index in [1.54, 1.807) is 17.9 Å². The highest BCUT2D eigenvalue weighted by Crippen LogP contribution is 2.26. The van der Waals surface area contributed by atoms with Gasteiger partial charge < -0.3 is 16.3 Å². The highest BCUT2D eigenvalue weighted by Gasteiger charge is 2.32. The van der Waals surface area contributed by atoms with Crippen molar-refractivity contribution >= 4 is 11.7 Å². The molecular weight excluding hydrogens is 234 g/mol. The second kappa shape index (κ2) is 5.07. The monoisotopic (exact) mass is 251 g/mol. The van der Waals surface area contributed by atoms with Gasteiger partial charge in [-0.3, -0.25) is 9.48 Å². The van der Waals surface area contributed by atoms with E-state index in [1.165, 1.54) is 6.20 Å². The third kappa shape index (κ3) is 2.44. The average molecular weight is 251 g/mol. The number of carbonyl (C=O) groups is 1. The van der Waals surface area contributed by atoms with Gasteiger partial charge in [0.15, 0.2) is 0 Å². The van der Waals surface area contributed by atoms with Crippen LogP contribution in [0.4, 0.5) is 0 Å². The average Bonchev–Trinajstić information content (AvgIpc) is 2.97. The van der Waals surface area contributed by atoms with Crippen LogP contribution in [0, 0.1) is 5.92 Å². The fourth-order valence-corrected chi connectivity index (χ4v) is 2.35. The van der Waals surface area contributed by atoms with Gasteiger partial charge in [-0.2, -0.15) is 5.10 Å². The summed E-state index contributed by atoms with van der Waals surface area (Å²) in [5.41, 5.74) is 6.14. The molecule has 0 aliphatic heterocycles. The first kappa shape index (κ1) is 12.4. The summed E-state index contributed by atoms with van der Waals surface area (Å²) >= 11 is 0. The Hall–Kier alpha value is -2.05. The smallest absolute Gasteiger partial charge is 0.254 e. The van der Waals surface area contributed by atoms with Crippen molar-refractivity contribution in [2.45, 2.75) is 25.3 Å². The predicted molar refractivity (Wildman–Crippen MR) is 65.2 cm³/mol. The van der Waals surface area contributed by atoms with Crippen molar-refractivity contribution in [3.63, 3.8) is 0 Å². The summed E-state index contributed by atoms with van der Waals surface area (Å²) in [6, 6.07) is -0.0754. The van der Waals surface area contributed by atoms with Gasteiger partial charge in [-0.25, -0.2) is 0 Å². The normalized spacial score (nSPS) is 24.2. The van der Waals surface area contributed by atoms with E-state index in [1.807, 2.05) is 0 Å². The fraction of sp³-hybridized carbons (Fsp3) is 0.545. The summed E-state index contributed by atoms with van der Waals surface area (Å²) in [6.07, 6.45) is 5.80. The molecule has 1 heterocycles. The summed E-state index contributed by atoms with van der Waals surface area (Å²) in [4.78, 5) is 12.0. The van der Waals surface area contributed by atoms with Gasteiger partial charge in [0.2, 0.25) is 0 Å². The Morgan fingerprint density at radius 3 is 3.06 bits per heavy atom. The summed E-state index contributed by atoms with van der Waals surface area (Å²) in [6.45, 7) is 0. The minimum atomic E-state index is -0.175. The first-order chi connectivity index (χ1) is 8.61. The number of carbonyl (C=O) groups excluding carboxylic acids is 1. The zero-order valence-corrected chi connectivity index (χ0v) is 10.2. The van der Waals surface area contributed by atoms with Crippen LogP contribution in [0.25, 0.3) is 0 Å². The largest absolute Gasteiger partial charge is 0.409 e. The topological polar surface area (TPSA) is 106 Å². The molecule has 7 nitrogen and oxygen atoms in total. The molecule has 1 fully saturated rings. The number of nitrogens with zero attached hydrogens (tertiary/aromatic N) is 3. The molecule has 2 unspecified atom stereocenters. The Morgan fingerprint density at radius 2 is 2.44 bits per heavy atom. The number of nitrogens with two attached hydrogens (primary N) is 1. The number of hydrogen-bond donors (Lipinski definition) is 3. The molecule has 98 valence electrons. The Labute approximate surface area is 105 Å². The highest BCUT2D eigenvalue weighted by molar-refractivity contribution is 5.94. The molecule has 2 atom stereocenters. The van der Waals surface area contributed by atoms with Crippen LogP contribution in [0.15, 0.2) is 17.5 Å². The van der Waals surface area contributed by atoms with Crippen LogP contribution >= 0.6 is 0 Å². The zero-order valence-electron chi connectivity index (χ0n) is 10.2. The lowest BCUT2D eigenvalue weighted by Crippen LogP contribution is -2.42. The van der Waals surface area contributed by atoms with E-state index in [4.69, 9.17) is 10.9 Å². The van der Waals surface area contributed by atoms with E-state index in [-0.39, 0.29) is 23.7 Å². The molecule has 0 spiro atoms. The van der Waals surface area contributed by atoms with Crippen molar-refractivity contribution < 1.29 is 10.0 Å². The fourth-order valence-electron chi connectivity index (χ4n) is 2.35. The Bertz CT molecular complexity index is 468. The van der Waals surface area contributed by atoms with E-state index in [2.05, 4.69) is 15.6 Å². The summed E-state index contributed by atoms with van der Waals surface area (Å²) in [5.74, 6) is -0.0784. The maximum atomic E-state index is 12.0. The number of amidine groups is 1. The summed E-state index contributed by atoms with van der Waals surface area (Å²) in [7, 11) is 1.76. The van der Waals surface area contributed by atoms with Crippen LogP contribution in [0.1, 0.15) is 29.6 Å². The maximum absolute atomic E-state index is 12.0. The second-order valence-electron chi connectivity index (χ2n) is 4.54. The molecule has 0 saturated heterocycles. The van der Waals surface area contributed by atoms with E-state index in [0.717, 1.165) is 19.3 Å². The second-order valence-corrected chi connectivity index (χ2v) is 4.54. The number of rotatable bonds is 3. The van der Waals surface area contributed by atoms with Crippen LogP contribution in [0.5, 0.6) is 0 Å². The Kier molecular flexibility index (Phi) is 3.50. The minimum Gasteiger partial charge on any atom is -0.409 e. The van der Waals surface area contributed by atoms with Gasteiger partial charge in [0.1, 0.15) is 5.84 Å². The summed E-state index contributed by atoms with van der Waals surface area (Å²) in [5, 5.41) is 18.6. The van der Waals surface area contributed by atoms with Crippen molar-refractivity contribution in [3.05, 3.63) is 18.0 Å². The molecule has 2 rings (SSSR count). The first-order valence-electron chi connectivity index (χ1n) is 5.88. The van der Waals surface area contributed by atoms with Crippen molar-refractivity contribution in [2.75, 3.05) is 0 Å². The molecule has 7 heteroatoms. The van der Waals surface area contributed by atoms with Crippen molar-refractivity contribution in [1.29, 1.82) is 0 Å². The van der Waals surface area contributed by atoms with Crippen LogP contribution in [0.2, 0.25) is 0 Å². The molecule has 4 N–H and O–H groups in total. The molecule has 1 aliphatic carbocycles. The molecule has 18 heavy (non-hydrogen) atoms. The molecule has 0 radical (unpaired) electrons. The number of amides is 1. The van der Waals surface area contributed by atoms with Gasteiger partial charge in [0.25, 0.3) is 5.91 Å². The molecule has 1 aliphatic rings. The van der Waals surface area contributed by atoms with Crippen molar-refractivity contribution in [1.82, 2.24) is 15.1 Å². The van der Waals surface area contributed by atoms with E-state index >= 15 is 0 Å². The van der Waals surface area contributed by atoms with Crippen LogP contribution in [0.3, 0.4) is 0 Å². The molecule has 1 saturated carbocycles. The number of aromatic nitrogens is 2. The van der Waals surface area contributed by atoms with E-state index in [0.29, 0.717) is 5.56 Å². The van der Waals surface area contributed by atoms with E-state index in [9.17, 15) is 4.79 Å². The Morgan fingerprint density at radius 1 is 1.67 bits per heavy atom. The minimum absolute atomic E-state index is 0.0754. The molecule has 0 aromatic carbocycles. The zero-order chi connectivity index (χ0) is 13.1. The standard InChI is InChI=1S/C11H17N5O2/c1-16-6-7(5-13-16)11(17)14-9-4-2-3-8(9)10(12)15-18/h5-6,8-9,18H,2-4H2,1H3,(H2,12,15)(H,14,17). The molecule has 1 aromatic rings. The molecule has 0 bridgehead atoms. The predicted octanol–water partition coefficient (Wildman–Crippen LogP) is 0.0650. The highest BCUT2D eigenvalue weighted by atomic mass is 16.4. The number of aryl methyl sites for hydroxylation is 1. The van der Waals surface area contributed by atoms with Crippen molar-refractivity contribution in [2.24, 2.45) is 23.9 Å².